The molecule has 3 aromatic heterocycles. The summed E-state index contributed by atoms with van der Waals surface area (Å²) in [6.07, 6.45) is 0. The number of hydrogen-bond donors (Lipinski definition) is 0. The van der Waals surface area contributed by atoms with Gasteiger partial charge in [-0.1, -0.05) is 11.2 Å². The first-order valence-electron chi connectivity index (χ1n) is 7.73. The van der Waals surface area contributed by atoms with Gasteiger partial charge in [-0.05, 0) is 42.6 Å². The summed E-state index contributed by atoms with van der Waals surface area (Å²) in [5, 5.41) is 5.90. The number of aryl methyl sites for hydroxylation is 2. The van der Waals surface area contributed by atoms with Crippen LogP contribution in [-0.4, -0.2) is 15.1 Å². The Morgan fingerprint density at radius 2 is 1.92 bits per heavy atom. The predicted molar refractivity (Wildman–Crippen MR) is 93.4 cm³/mol. The van der Waals surface area contributed by atoms with Crippen LogP contribution in [0.2, 0.25) is 0 Å². The van der Waals surface area contributed by atoms with Crippen LogP contribution in [0.25, 0.3) is 22.2 Å². The van der Waals surface area contributed by atoms with E-state index in [4.69, 9.17) is 13.7 Å². The lowest BCUT2D eigenvalue weighted by Gasteiger charge is -2.04. The Kier molecular flexibility index (Phi) is 4.07. The second-order valence-electron chi connectivity index (χ2n) is 5.45. The van der Waals surface area contributed by atoms with Crippen LogP contribution in [0, 0.1) is 13.8 Å². The van der Waals surface area contributed by atoms with Crippen molar-refractivity contribution in [3.05, 3.63) is 59.1 Å². The van der Waals surface area contributed by atoms with Gasteiger partial charge in [-0.15, -0.1) is 11.3 Å². The molecule has 0 aliphatic carbocycles. The summed E-state index contributed by atoms with van der Waals surface area (Å²) in [5.74, 6) is 3.25. The summed E-state index contributed by atoms with van der Waals surface area (Å²) in [6, 6.07) is 11.5. The number of ether oxygens (including phenoxy) is 1. The highest BCUT2D eigenvalue weighted by molar-refractivity contribution is 7.13. The normalized spacial score (nSPS) is 11.0. The van der Waals surface area contributed by atoms with Crippen molar-refractivity contribution in [3.63, 3.8) is 0 Å². The van der Waals surface area contributed by atoms with Crippen molar-refractivity contribution >= 4 is 11.3 Å². The highest BCUT2D eigenvalue weighted by Gasteiger charge is 2.13. The molecule has 0 saturated carbocycles. The van der Waals surface area contributed by atoms with Crippen molar-refractivity contribution in [2.75, 3.05) is 0 Å². The van der Waals surface area contributed by atoms with Gasteiger partial charge >= 0.3 is 0 Å². The first kappa shape index (κ1) is 15.6. The maximum absolute atomic E-state index is 5.82. The Morgan fingerprint density at radius 3 is 2.60 bits per heavy atom. The zero-order valence-electron chi connectivity index (χ0n) is 13.7. The lowest BCUT2D eigenvalue weighted by molar-refractivity contribution is 0.299. The summed E-state index contributed by atoms with van der Waals surface area (Å²) in [4.78, 5) is 9.73. The largest absolute Gasteiger partial charge is 0.487 e. The van der Waals surface area contributed by atoms with Crippen LogP contribution in [0.4, 0.5) is 0 Å². The molecule has 0 aliphatic heterocycles. The second kappa shape index (κ2) is 6.52. The number of thiophene rings is 1. The van der Waals surface area contributed by atoms with Gasteiger partial charge < -0.3 is 13.7 Å². The summed E-state index contributed by atoms with van der Waals surface area (Å²) in [5.41, 5.74) is 1.67. The molecular weight excluding hydrogens is 338 g/mol. The fourth-order valence-corrected chi connectivity index (χ4v) is 2.99. The molecular formula is C18H15N3O3S. The molecule has 0 radical (unpaired) electrons. The molecule has 0 spiro atoms. The third-order valence-corrected chi connectivity index (χ3v) is 4.50. The van der Waals surface area contributed by atoms with Crippen LogP contribution in [0.5, 0.6) is 5.75 Å². The van der Waals surface area contributed by atoms with E-state index in [1.165, 1.54) is 0 Å². The maximum atomic E-state index is 5.82. The van der Waals surface area contributed by atoms with Crippen molar-refractivity contribution in [3.8, 4) is 27.9 Å². The second-order valence-corrected chi connectivity index (χ2v) is 6.40. The summed E-state index contributed by atoms with van der Waals surface area (Å²) >= 11 is 1.60. The molecule has 0 bridgehead atoms. The molecule has 0 amide bonds. The molecule has 0 saturated heterocycles. The Bertz CT molecular complexity index is 972. The zero-order chi connectivity index (χ0) is 17.2. The Morgan fingerprint density at radius 1 is 1.08 bits per heavy atom. The van der Waals surface area contributed by atoms with Crippen LogP contribution in [0.15, 0.2) is 50.7 Å². The summed E-state index contributed by atoms with van der Waals surface area (Å²) in [6.45, 7) is 4.00. The highest BCUT2D eigenvalue weighted by Crippen LogP contribution is 2.27. The monoisotopic (exact) mass is 353 g/mol. The minimum atomic E-state index is 0.349. The van der Waals surface area contributed by atoms with Crippen molar-refractivity contribution in [1.29, 1.82) is 0 Å². The lowest BCUT2D eigenvalue weighted by atomic mass is 10.2. The molecule has 4 aromatic rings. The van der Waals surface area contributed by atoms with Gasteiger partial charge in [0.25, 0.3) is 0 Å². The third-order valence-electron chi connectivity index (χ3n) is 3.64. The Labute approximate surface area is 148 Å². The molecule has 0 aliphatic rings. The van der Waals surface area contributed by atoms with Gasteiger partial charge in [0.1, 0.15) is 23.8 Å². The van der Waals surface area contributed by atoms with E-state index < -0.39 is 0 Å². The van der Waals surface area contributed by atoms with Gasteiger partial charge in [0, 0.05) is 12.5 Å². The number of benzene rings is 1. The van der Waals surface area contributed by atoms with Gasteiger partial charge in [-0.25, -0.2) is 4.98 Å². The third kappa shape index (κ3) is 3.32. The summed E-state index contributed by atoms with van der Waals surface area (Å²) < 4.78 is 16.5. The van der Waals surface area contributed by atoms with E-state index in [9.17, 15) is 0 Å². The Balaban J connectivity index is 1.45. The van der Waals surface area contributed by atoms with Gasteiger partial charge in [0.15, 0.2) is 0 Å². The van der Waals surface area contributed by atoms with E-state index in [1.807, 2.05) is 48.7 Å². The molecule has 0 unspecified atom stereocenters. The van der Waals surface area contributed by atoms with E-state index in [1.54, 1.807) is 18.3 Å². The Hall–Kier alpha value is -2.93. The van der Waals surface area contributed by atoms with Crippen LogP contribution in [0.3, 0.4) is 0 Å². The lowest BCUT2D eigenvalue weighted by Crippen LogP contribution is -1.97. The predicted octanol–water partition coefficient (Wildman–Crippen LogP) is 4.65. The molecule has 126 valence electrons. The smallest absolute Gasteiger partial charge is 0.236 e. The summed E-state index contributed by atoms with van der Waals surface area (Å²) in [7, 11) is 0. The van der Waals surface area contributed by atoms with Crippen molar-refractivity contribution in [2.45, 2.75) is 20.5 Å². The minimum absolute atomic E-state index is 0.349. The average Bonchev–Trinajstić information content (AvgIpc) is 3.35. The van der Waals surface area contributed by atoms with E-state index in [0.717, 1.165) is 27.6 Å². The van der Waals surface area contributed by atoms with Gasteiger partial charge in [0.2, 0.25) is 17.6 Å². The molecule has 25 heavy (non-hydrogen) atoms. The molecule has 7 heteroatoms. The number of aromatic nitrogens is 3. The van der Waals surface area contributed by atoms with Crippen molar-refractivity contribution in [1.82, 2.24) is 15.1 Å². The van der Waals surface area contributed by atoms with Crippen LogP contribution < -0.4 is 4.74 Å². The molecule has 6 nitrogen and oxygen atoms in total. The minimum Gasteiger partial charge on any atom is -0.487 e. The van der Waals surface area contributed by atoms with E-state index in [-0.39, 0.29) is 0 Å². The van der Waals surface area contributed by atoms with Crippen LogP contribution in [-0.2, 0) is 6.61 Å². The molecule has 0 fully saturated rings. The molecule has 1 aromatic carbocycles. The van der Waals surface area contributed by atoms with Gasteiger partial charge in [0.05, 0.1) is 4.88 Å². The van der Waals surface area contributed by atoms with E-state index in [2.05, 4.69) is 15.1 Å². The van der Waals surface area contributed by atoms with Crippen LogP contribution in [0.1, 0.15) is 17.3 Å². The number of hydrogen-bond acceptors (Lipinski definition) is 7. The first-order valence-corrected chi connectivity index (χ1v) is 8.61. The molecule has 0 atom stereocenters. The topological polar surface area (TPSA) is 74.2 Å². The number of rotatable bonds is 5. The van der Waals surface area contributed by atoms with Crippen molar-refractivity contribution in [2.24, 2.45) is 0 Å². The highest BCUT2D eigenvalue weighted by atomic mass is 32.1. The van der Waals surface area contributed by atoms with Gasteiger partial charge in [-0.2, -0.15) is 4.98 Å². The SMILES string of the molecule is Cc1nc(-c2ccc(OCc3nc(-c4cccs4)oc3C)cc2)no1. The quantitative estimate of drug-likeness (QED) is 0.520. The molecule has 0 N–H and O–H groups in total. The average molecular weight is 353 g/mol. The van der Waals surface area contributed by atoms with Crippen LogP contribution >= 0.6 is 11.3 Å². The fourth-order valence-electron chi connectivity index (χ4n) is 2.34. The van der Waals surface area contributed by atoms with E-state index in [0.29, 0.717) is 24.2 Å². The van der Waals surface area contributed by atoms with Crippen molar-refractivity contribution < 1.29 is 13.7 Å². The van der Waals surface area contributed by atoms with E-state index >= 15 is 0 Å². The standard InChI is InChI=1S/C18H15N3O3S/c1-11-15(20-18(23-11)16-4-3-9-25-16)10-22-14-7-5-13(6-8-14)17-19-12(2)24-21-17/h3-9H,10H2,1-2H3. The number of oxazole rings is 1. The fraction of sp³-hybridized carbons (Fsp3) is 0.167. The number of nitrogens with zero attached hydrogens (tertiary/aromatic N) is 3. The zero-order valence-corrected chi connectivity index (χ0v) is 14.5. The van der Waals surface area contributed by atoms with Gasteiger partial charge in [-0.3, -0.25) is 0 Å². The molecule has 3 heterocycles. The first-order chi connectivity index (χ1) is 12.2. The maximum Gasteiger partial charge on any atom is 0.236 e. The molecule has 4 rings (SSSR count).